The molecule has 2 N–H and O–H groups in total. The molecule has 0 aliphatic heterocycles. The second kappa shape index (κ2) is 9.25. The van der Waals surface area contributed by atoms with E-state index in [1.807, 2.05) is 0 Å². The summed E-state index contributed by atoms with van der Waals surface area (Å²) in [6.45, 7) is 6.73. The maximum atomic E-state index is 12.5. The molecule has 0 aliphatic rings. The van der Waals surface area contributed by atoms with E-state index in [9.17, 15) is 19.5 Å². The van der Waals surface area contributed by atoms with Gasteiger partial charge in [0.25, 0.3) is 0 Å². The Hall–Kier alpha value is -2.77. The normalized spacial score (nSPS) is 13.3. The molecule has 1 unspecified atom stereocenters. The molecule has 0 spiro atoms. The fourth-order valence-corrected chi connectivity index (χ4v) is 2.16. The van der Waals surface area contributed by atoms with Crippen LogP contribution in [0.3, 0.4) is 0 Å². The number of carbonyl (C=O) groups excluding carboxylic acids is 3. The number of hydrogen-bond acceptors (Lipinski definition) is 6. The molecule has 0 heterocycles. The van der Waals surface area contributed by atoms with Gasteiger partial charge in [-0.2, -0.15) is 0 Å². The van der Waals surface area contributed by atoms with Crippen LogP contribution in [0.2, 0.25) is 0 Å². The van der Waals surface area contributed by atoms with Crippen molar-refractivity contribution in [2.24, 2.45) is 0 Å². The molecule has 1 aromatic carbocycles. The van der Waals surface area contributed by atoms with E-state index < -0.39 is 35.7 Å². The highest BCUT2D eigenvalue weighted by molar-refractivity contribution is 5.89. The maximum Gasteiger partial charge on any atom is 0.410 e. The Bertz CT molecular complexity index is 666. The third kappa shape index (κ3) is 7.16. The van der Waals surface area contributed by atoms with Crippen molar-refractivity contribution in [2.45, 2.75) is 51.8 Å². The first kappa shape index (κ1) is 22.3. The molecule has 8 nitrogen and oxygen atoms in total. The number of rotatable bonds is 6. The predicted octanol–water partition coefficient (Wildman–Crippen LogP) is 1.85. The number of ether oxygens (including phenoxy) is 2. The molecule has 2 amide bonds. The van der Waals surface area contributed by atoms with Crippen molar-refractivity contribution in [2.75, 3.05) is 14.2 Å². The summed E-state index contributed by atoms with van der Waals surface area (Å²) in [6.07, 6.45) is -0.458. The predicted molar refractivity (Wildman–Crippen MR) is 99.2 cm³/mol. The van der Waals surface area contributed by atoms with E-state index in [-0.39, 0.29) is 12.2 Å². The van der Waals surface area contributed by atoms with Crippen LogP contribution >= 0.6 is 0 Å². The zero-order chi connectivity index (χ0) is 20.8. The Kier molecular flexibility index (Phi) is 7.63. The molecule has 150 valence electrons. The van der Waals surface area contributed by atoms with E-state index in [0.29, 0.717) is 0 Å². The molecular weight excluding hydrogens is 352 g/mol. The Morgan fingerprint density at radius 1 is 1.19 bits per heavy atom. The van der Waals surface area contributed by atoms with E-state index in [1.165, 1.54) is 33.2 Å². The summed E-state index contributed by atoms with van der Waals surface area (Å²) in [7, 11) is 2.68. The molecule has 2 atom stereocenters. The van der Waals surface area contributed by atoms with Gasteiger partial charge in [-0.05, 0) is 45.4 Å². The number of benzene rings is 1. The van der Waals surface area contributed by atoms with Crippen LogP contribution < -0.4 is 5.32 Å². The zero-order valence-electron chi connectivity index (χ0n) is 16.6. The second-order valence-electron chi connectivity index (χ2n) is 7.22. The van der Waals surface area contributed by atoms with Crippen LogP contribution in [-0.2, 0) is 25.5 Å². The zero-order valence-corrected chi connectivity index (χ0v) is 16.6. The highest BCUT2D eigenvalue weighted by Gasteiger charge is 2.30. The van der Waals surface area contributed by atoms with Crippen LogP contribution in [0, 0.1) is 0 Å². The SMILES string of the molecule is COC(=O)C(Cc1ccc(O)cc1)NC(=O)[C@H](C)N(C)C(=O)OC(C)(C)C. The average molecular weight is 380 g/mol. The molecule has 0 aromatic heterocycles. The number of amides is 2. The first-order chi connectivity index (χ1) is 12.4. The lowest BCUT2D eigenvalue weighted by atomic mass is 10.1. The highest BCUT2D eigenvalue weighted by atomic mass is 16.6. The van der Waals surface area contributed by atoms with Gasteiger partial charge in [0.15, 0.2) is 0 Å². The lowest BCUT2D eigenvalue weighted by Gasteiger charge is -2.29. The Labute approximate surface area is 159 Å². The van der Waals surface area contributed by atoms with Crippen molar-refractivity contribution in [3.8, 4) is 5.75 Å². The Morgan fingerprint density at radius 2 is 1.74 bits per heavy atom. The molecule has 1 aromatic rings. The molecule has 1 rings (SSSR count). The summed E-state index contributed by atoms with van der Waals surface area (Å²) in [5.74, 6) is -1.02. The number of methoxy groups -OCH3 is 1. The van der Waals surface area contributed by atoms with E-state index in [2.05, 4.69) is 5.32 Å². The van der Waals surface area contributed by atoms with E-state index in [4.69, 9.17) is 9.47 Å². The van der Waals surface area contributed by atoms with Crippen LogP contribution in [0.15, 0.2) is 24.3 Å². The minimum absolute atomic E-state index is 0.102. The van der Waals surface area contributed by atoms with Crippen LogP contribution in [-0.4, -0.2) is 59.8 Å². The number of likely N-dealkylation sites (N-methyl/N-ethyl adjacent to an activating group) is 1. The second-order valence-corrected chi connectivity index (χ2v) is 7.22. The molecular formula is C19H28N2O6. The fourth-order valence-electron chi connectivity index (χ4n) is 2.16. The molecule has 0 saturated carbocycles. The third-order valence-corrected chi connectivity index (χ3v) is 3.82. The van der Waals surface area contributed by atoms with Crippen LogP contribution in [0.5, 0.6) is 5.75 Å². The quantitative estimate of drug-likeness (QED) is 0.730. The number of nitrogens with zero attached hydrogens (tertiary/aromatic N) is 1. The van der Waals surface area contributed by atoms with Gasteiger partial charge in [0.1, 0.15) is 23.4 Å². The van der Waals surface area contributed by atoms with Crippen LogP contribution in [0.1, 0.15) is 33.3 Å². The van der Waals surface area contributed by atoms with Crippen molar-refractivity contribution < 1.29 is 29.0 Å². The van der Waals surface area contributed by atoms with E-state index in [0.717, 1.165) is 10.5 Å². The molecule has 27 heavy (non-hydrogen) atoms. The molecule has 0 bridgehead atoms. The minimum Gasteiger partial charge on any atom is -0.508 e. The largest absolute Gasteiger partial charge is 0.508 e. The standard InChI is InChI=1S/C19H28N2O6/c1-12(21(5)18(25)27-19(2,3)4)16(23)20-15(17(24)26-6)11-13-7-9-14(22)10-8-13/h7-10,12,15,22H,11H2,1-6H3,(H,20,23)/t12-,15?/m0/s1. The summed E-state index contributed by atoms with van der Waals surface area (Å²) in [4.78, 5) is 37.8. The topological polar surface area (TPSA) is 105 Å². The molecule has 8 heteroatoms. The number of esters is 1. The molecule has 0 aliphatic carbocycles. The number of hydrogen-bond donors (Lipinski definition) is 2. The number of nitrogens with one attached hydrogen (secondary N) is 1. The minimum atomic E-state index is -0.929. The first-order valence-electron chi connectivity index (χ1n) is 8.56. The lowest BCUT2D eigenvalue weighted by Crippen LogP contribution is -2.52. The summed E-state index contributed by atoms with van der Waals surface area (Å²) in [5.41, 5.74) is 0.0475. The molecule has 0 fully saturated rings. The van der Waals surface area contributed by atoms with Crippen LogP contribution in [0.25, 0.3) is 0 Å². The summed E-state index contributed by atoms with van der Waals surface area (Å²) >= 11 is 0. The number of phenols is 1. The first-order valence-corrected chi connectivity index (χ1v) is 8.56. The Morgan fingerprint density at radius 3 is 2.22 bits per heavy atom. The maximum absolute atomic E-state index is 12.5. The van der Waals surface area contributed by atoms with E-state index in [1.54, 1.807) is 32.9 Å². The smallest absolute Gasteiger partial charge is 0.410 e. The van der Waals surface area contributed by atoms with Crippen molar-refractivity contribution >= 4 is 18.0 Å². The van der Waals surface area contributed by atoms with Crippen LogP contribution in [0.4, 0.5) is 4.79 Å². The van der Waals surface area contributed by atoms with Gasteiger partial charge in [-0.3, -0.25) is 9.69 Å². The van der Waals surface area contributed by atoms with Gasteiger partial charge in [-0.15, -0.1) is 0 Å². The summed E-state index contributed by atoms with van der Waals surface area (Å²) in [6, 6.07) is 4.49. The van der Waals surface area contributed by atoms with Crippen molar-refractivity contribution in [1.29, 1.82) is 0 Å². The summed E-state index contributed by atoms with van der Waals surface area (Å²) in [5, 5.41) is 12.0. The van der Waals surface area contributed by atoms with Gasteiger partial charge < -0.3 is 19.9 Å². The fraction of sp³-hybridized carbons (Fsp3) is 0.526. The van der Waals surface area contributed by atoms with Gasteiger partial charge in [-0.1, -0.05) is 12.1 Å². The number of aromatic hydroxyl groups is 1. The third-order valence-electron chi connectivity index (χ3n) is 3.82. The monoisotopic (exact) mass is 380 g/mol. The highest BCUT2D eigenvalue weighted by Crippen LogP contribution is 2.13. The van der Waals surface area contributed by atoms with Gasteiger partial charge in [-0.25, -0.2) is 9.59 Å². The van der Waals surface area contributed by atoms with Gasteiger partial charge in [0.2, 0.25) is 5.91 Å². The number of carbonyl (C=O) groups is 3. The van der Waals surface area contributed by atoms with Gasteiger partial charge in [0, 0.05) is 13.5 Å². The van der Waals surface area contributed by atoms with Crippen molar-refractivity contribution in [3.05, 3.63) is 29.8 Å². The van der Waals surface area contributed by atoms with Crippen molar-refractivity contribution in [3.63, 3.8) is 0 Å². The van der Waals surface area contributed by atoms with E-state index >= 15 is 0 Å². The lowest BCUT2D eigenvalue weighted by molar-refractivity contribution is -0.145. The van der Waals surface area contributed by atoms with Crippen molar-refractivity contribution in [1.82, 2.24) is 10.2 Å². The Balaban J connectivity index is 2.81. The average Bonchev–Trinajstić information content (AvgIpc) is 2.59. The van der Waals surface area contributed by atoms with Gasteiger partial charge >= 0.3 is 12.1 Å². The van der Waals surface area contributed by atoms with Gasteiger partial charge in [0.05, 0.1) is 7.11 Å². The summed E-state index contributed by atoms with van der Waals surface area (Å²) < 4.78 is 10.00. The molecule has 0 radical (unpaired) electrons. The molecule has 0 saturated heterocycles. The number of phenolic OH excluding ortho intramolecular Hbond substituents is 1.